The molecule has 0 atom stereocenters. The summed E-state index contributed by atoms with van der Waals surface area (Å²) in [5.74, 6) is -0.0465. The van der Waals surface area contributed by atoms with Crippen LogP contribution in [0.3, 0.4) is 0 Å². The molecule has 0 aromatic rings. The van der Waals surface area contributed by atoms with Crippen LogP contribution in [0, 0.1) is 5.92 Å². The second kappa shape index (κ2) is 5.19. The van der Waals surface area contributed by atoms with Gasteiger partial charge in [-0.15, -0.1) is 0 Å². The van der Waals surface area contributed by atoms with Gasteiger partial charge in [0, 0.05) is 25.6 Å². The fourth-order valence-corrected chi connectivity index (χ4v) is 1.59. The first-order valence-electron chi connectivity index (χ1n) is 5.01. The molecule has 1 amide bonds. The zero-order valence-electron chi connectivity index (χ0n) is 8.25. The SMILES string of the molecule is CCCNN1CCC(C(N)=O)CC1. The van der Waals surface area contributed by atoms with E-state index in [1.54, 1.807) is 0 Å². The van der Waals surface area contributed by atoms with Crippen LogP contribution in [-0.2, 0) is 4.79 Å². The normalized spacial score (nSPS) is 20.4. The van der Waals surface area contributed by atoms with Crippen molar-refractivity contribution in [1.82, 2.24) is 10.4 Å². The van der Waals surface area contributed by atoms with Crippen LogP contribution in [0.4, 0.5) is 0 Å². The number of amides is 1. The highest BCUT2D eigenvalue weighted by molar-refractivity contribution is 5.76. The van der Waals surface area contributed by atoms with E-state index in [1.807, 2.05) is 0 Å². The zero-order chi connectivity index (χ0) is 9.68. The van der Waals surface area contributed by atoms with Crippen LogP contribution < -0.4 is 11.2 Å². The van der Waals surface area contributed by atoms with Gasteiger partial charge in [0.2, 0.25) is 5.91 Å². The van der Waals surface area contributed by atoms with Gasteiger partial charge in [-0.3, -0.25) is 10.2 Å². The number of nitrogens with two attached hydrogens (primary N) is 1. The lowest BCUT2D eigenvalue weighted by Crippen LogP contribution is -2.46. The van der Waals surface area contributed by atoms with Gasteiger partial charge in [-0.25, -0.2) is 5.01 Å². The van der Waals surface area contributed by atoms with E-state index in [0.29, 0.717) is 0 Å². The molecule has 1 aliphatic rings. The van der Waals surface area contributed by atoms with Crippen molar-refractivity contribution in [3.63, 3.8) is 0 Å². The van der Waals surface area contributed by atoms with Gasteiger partial charge in [0.05, 0.1) is 0 Å². The standard InChI is InChI=1S/C9H19N3O/c1-2-5-11-12-6-3-8(4-7-12)9(10)13/h8,11H,2-7H2,1H3,(H2,10,13). The molecule has 0 aromatic heterocycles. The summed E-state index contributed by atoms with van der Waals surface area (Å²) >= 11 is 0. The van der Waals surface area contributed by atoms with E-state index in [0.717, 1.165) is 38.9 Å². The van der Waals surface area contributed by atoms with Gasteiger partial charge in [0.1, 0.15) is 0 Å². The van der Waals surface area contributed by atoms with E-state index in [-0.39, 0.29) is 11.8 Å². The number of rotatable bonds is 4. The van der Waals surface area contributed by atoms with Gasteiger partial charge in [0.25, 0.3) is 0 Å². The van der Waals surface area contributed by atoms with Crippen molar-refractivity contribution in [2.75, 3.05) is 19.6 Å². The van der Waals surface area contributed by atoms with Crippen molar-refractivity contribution in [3.05, 3.63) is 0 Å². The lowest BCUT2D eigenvalue weighted by atomic mass is 9.97. The molecule has 0 bridgehead atoms. The van der Waals surface area contributed by atoms with Crippen LogP contribution in [0.2, 0.25) is 0 Å². The summed E-state index contributed by atoms with van der Waals surface area (Å²) in [4.78, 5) is 10.9. The third-order valence-corrected chi connectivity index (χ3v) is 2.48. The number of hydrogen-bond acceptors (Lipinski definition) is 3. The predicted molar refractivity (Wildman–Crippen MR) is 51.8 cm³/mol. The van der Waals surface area contributed by atoms with Crippen LogP contribution >= 0.6 is 0 Å². The molecular formula is C9H19N3O. The number of carbonyl (C=O) groups is 1. The van der Waals surface area contributed by atoms with Crippen molar-refractivity contribution < 1.29 is 4.79 Å². The molecule has 3 N–H and O–H groups in total. The molecule has 0 unspecified atom stereocenters. The first kappa shape index (κ1) is 10.5. The Balaban J connectivity index is 2.18. The van der Waals surface area contributed by atoms with Gasteiger partial charge in [-0.05, 0) is 19.3 Å². The second-order valence-electron chi connectivity index (χ2n) is 3.57. The Morgan fingerprint density at radius 2 is 2.15 bits per heavy atom. The summed E-state index contributed by atoms with van der Waals surface area (Å²) in [5.41, 5.74) is 8.55. The van der Waals surface area contributed by atoms with Crippen molar-refractivity contribution >= 4 is 5.91 Å². The van der Waals surface area contributed by atoms with Crippen LogP contribution in [-0.4, -0.2) is 30.6 Å². The lowest BCUT2D eigenvalue weighted by molar-refractivity contribution is -0.123. The zero-order valence-corrected chi connectivity index (χ0v) is 8.25. The van der Waals surface area contributed by atoms with Gasteiger partial charge in [-0.1, -0.05) is 6.92 Å². The van der Waals surface area contributed by atoms with E-state index in [1.165, 1.54) is 0 Å². The molecular weight excluding hydrogens is 166 g/mol. The number of primary amides is 1. The summed E-state index contributed by atoms with van der Waals surface area (Å²) in [6.07, 6.45) is 2.92. The molecule has 0 aromatic carbocycles. The van der Waals surface area contributed by atoms with Crippen molar-refractivity contribution in [1.29, 1.82) is 0 Å². The molecule has 0 spiro atoms. The Kier molecular flexibility index (Phi) is 4.18. The first-order valence-corrected chi connectivity index (χ1v) is 5.01. The molecule has 4 heteroatoms. The van der Waals surface area contributed by atoms with Gasteiger partial charge in [0.15, 0.2) is 0 Å². The number of piperidine rings is 1. The molecule has 13 heavy (non-hydrogen) atoms. The summed E-state index contributed by atoms with van der Waals surface area (Å²) in [6.45, 7) is 5.03. The lowest BCUT2D eigenvalue weighted by Gasteiger charge is -2.30. The van der Waals surface area contributed by atoms with E-state index < -0.39 is 0 Å². The van der Waals surface area contributed by atoms with Crippen LogP contribution in [0.15, 0.2) is 0 Å². The van der Waals surface area contributed by atoms with Gasteiger partial charge >= 0.3 is 0 Å². The fraction of sp³-hybridized carbons (Fsp3) is 0.889. The highest BCUT2D eigenvalue weighted by Crippen LogP contribution is 2.14. The Morgan fingerprint density at radius 1 is 1.54 bits per heavy atom. The van der Waals surface area contributed by atoms with Crippen molar-refractivity contribution in [2.45, 2.75) is 26.2 Å². The van der Waals surface area contributed by atoms with Gasteiger partial charge in [-0.2, -0.15) is 0 Å². The smallest absolute Gasteiger partial charge is 0.220 e. The number of nitrogens with zero attached hydrogens (tertiary/aromatic N) is 1. The highest BCUT2D eigenvalue weighted by atomic mass is 16.1. The van der Waals surface area contributed by atoms with Gasteiger partial charge < -0.3 is 5.73 Å². The third kappa shape index (κ3) is 3.32. The maximum absolute atomic E-state index is 10.9. The third-order valence-electron chi connectivity index (χ3n) is 2.48. The maximum atomic E-state index is 10.9. The molecule has 76 valence electrons. The average Bonchev–Trinajstić information content (AvgIpc) is 2.15. The molecule has 0 radical (unpaired) electrons. The summed E-state index contributed by atoms with van der Waals surface area (Å²) in [7, 11) is 0. The molecule has 1 fully saturated rings. The van der Waals surface area contributed by atoms with Crippen molar-refractivity contribution in [2.24, 2.45) is 11.7 Å². The first-order chi connectivity index (χ1) is 6.24. The topological polar surface area (TPSA) is 58.4 Å². The Labute approximate surface area is 79.4 Å². The van der Waals surface area contributed by atoms with Crippen molar-refractivity contribution in [3.8, 4) is 0 Å². The minimum Gasteiger partial charge on any atom is -0.369 e. The van der Waals surface area contributed by atoms with E-state index in [4.69, 9.17) is 5.73 Å². The van der Waals surface area contributed by atoms with E-state index in [9.17, 15) is 4.79 Å². The summed E-state index contributed by atoms with van der Waals surface area (Å²) in [5, 5.41) is 2.18. The Morgan fingerprint density at radius 3 is 2.62 bits per heavy atom. The largest absolute Gasteiger partial charge is 0.369 e. The molecule has 0 saturated carbocycles. The Hall–Kier alpha value is -0.610. The van der Waals surface area contributed by atoms with E-state index >= 15 is 0 Å². The maximum Gasteiger partial charge on any atom is 0.220 e. The summed E-state index contributed by atoms with van der Waals surface area (Å²) in [6, 6.07) is 0. The molecule has 0 aliphatic carbocycles. The molecule has 1 heterocycles. The van der Waals surface area contributed by atoms with Crippen LogP contribution in [0.25, 0.3) is 0 Å². The number of nitrogens with one attached hydrogen (secondary N) is 1. The fourth-order valence-electron chi connectivity index (χ4n) is 1.59. The van der Waals surface area contributed by atoms with Crippen LogP contribution in [0.1, 0.15) is 26.2 Å². The minimum absolute atomic E-state index is 0.0969. The Bertz CT molecular complexity index is 164. The monoisotopic (exact) mass is 185 g/mol. The predicted octanol–water partition coefficient (Wildman–Crippen LogP) is 0.0983. The summed E-state index contributed by atoms with van der Waals surface area (Å²) < 4.78 is 0. The minimum atomic E-state index is -0.143. The van der Waals surface area contributed by atoms with E-state index in [2.05, 4.69) is 17.4 Å². The number of hydrazine groups is 1. The quantitative estimate of drug-likeness (QED) is 0.653. The molecule has 1 saturated heterocycles. The number of carbonyl (C=O) groups excluding carboxylic acids is 1. The molecule has 1 rings (SSSR count). The highest BCUT2D eigenvalue weighted by Gasteiger charge is 2.22. The second-order valence-corrected chi connectivity index (χ2v) is 3.57. The molecule has 4 nitrogen and oxygen atoms in total. The number of hydrogen-bond donors (Lipinski definition) is 2. The van der Waals surface area contributed by atoms with Crippen LogP contribution in [0.5, 0.6) is 0 Å². The molecule has 1 aliphatic heterocycles. The average molecular weight is 185 g/mol.